The Morgan fingerprint density at radius 1 is 0.899 bits per heavy atom. The Bertz CT molecular complexity index is 2090. The summed E-state index contributed by atoms with van der Waals surface area (Å²) in [6.45, 7) is 20.4. The van der Waals surface area contributed by atoms with Gasteiger partial charge in [-0.15, -0.1) is 11.3 Å². The van der Waals surface area contributed by atoms with Crippen molar-refractivity contribution in [1.29, 1.82) is 0 Å². The van der Waals surface area contributed by atoms with Gasteiger partial charge in [0.2, 0.25) is 17.7 Å². The van der Waals surface area contributed by atoms with Crippen molar-refractivity contribution in [1.82, 2.24) is 30.0 Å². The zero-order valence-electron chi connectivity index (χ0n) is 43.9. The Kier molecular flexibility index (Phi) is 22.0. The van der Waals surface area contributed by atoms with Crippen LogP contribution in [-0.2, 0) is 57.6 Å². The Hall–Kier alpha value is -4.57. The Morgan fingerprint density at radius 2 is 1.59 bits per heavy atom. The molecule has 1 fully saturated rings. The first-order chi connectivity index (χ1) is 32.6. The summed E-state index contributed by atoms with van der Waals surface area (Å²) >= 11 is 1.50. The van der Waals surface area contributed by atoms with Gasteiger partial charge < -0.3 is 29.3 Å². The van der Waals surface area contributed by atoms with Crippen molar-refractivity contribution in [3.63, 3.8) is 0 Å². The van der Waals surface area contributed by atoms with E-state index in [1.165, 1.54) is 11.3 Å². The molecule has 382 valence electrons. The van der Waals surface area contributed by atoms with Crippen molar-refractivity contribution >= 4 is 40.8 Å². The highest BCUT2D eigenvalue weighted by Crippen LogP contribution is 2.32. The minimum Gasteiger partial charge on any atom is -0.460 e. The van der Waals surface area contributed by atoms with Crippen molar-refractivity contribution in [2.75, 3.05) is 34.9 Å². The third-order valence-corrected chi connectivity index (χ3v) is 14.5. The van der Waals surface area contributed by atoms with Gasteiger partial charge in [-0.1, -0.05) is 85.2 Å². The van der Waals surface area contributed by atoms with E-state index in [-0.39, 0.29) is 78.6 Å². The van der Waals surface area contributed by atoms with Crippen LogP contribution in [0.25, 0.3) is 0 Å². The molecule has 0 aliphatic carbocycles. The van der Waals surface area contributed by atoms with Gasteiger partial charge in [0.05, 0.1) is 60.8 Å². The minimum absolute atomic E-state index is 0.0276. The average Bonchev–Trinajstić information content (AvgIpc) is 4.01. The first kappa shape index (κ1) is 57.0. The fourth-order valence-corrected chi connectivity index (χ4v) is 10.7. The van der Waals surface area contributed by atoms with E-state index < -0.39 is 41.7 Å². The van der Waals surface area contributed by atoms with E-state index in [1.807, 2.05) is 120 Å². The number of rotatable bonds is 26. The van der Waals surface area contributed by atoms with Crippen molar-refractivity contribution < 1.29 is 38.2 Å². The number of amides is 3. The normalized spacial score (nSPS) is 17.8. The number of hydrogen-bond donors (Lipinski definition) is 1. The number of likely N-dealkylation sites (tertiary alicyclic amines) is 1. The number of Topliss-reactive ketones (excluding diaryl/α,β-unsaturated/α-hetero) is 1. The van der Waals surface area contributed by atoms with E-state index in [1.54, 1.807) is 38.6 Å². The summed E-state index contributed by atoms with van der Waals surface area (Å²) in [5, 5.41) is 5.97. The van der Waals surface area contributed by atoms with Gasteiger partial charge in [0.1, 0.15) is 10.6 Å². The number of esters is 1. The van der Waals surface area contributed by atoms with Crippen LogP contribution in [0.15, 0.2) is 60.2 Å². The number of carbonyl (C=O) groups is 5. The van der Waals surface area contributed by atoms with Crippen LogP contribution < -0.4 is 5.32 Å². The van der Waals surface area contributed by atoms with Crippen LogP contribution in [0.1, 0.15) is 129 Å². The number of carbonyl (C=O) groups excluding carboxylic acids is 5. The van der Waals surface area contributed by atoms with Gasteiger partial charge in [0.15, 0.2) is 5.78 Å². The predicted molar refractivity (Wildman–Crippen MR) is 271 cm³/mol. The number of ether oxygens (including phenoxy) is 3. The van der Waals surface area contributed by atoms with E-state index in [4.69, 9.17) is 14.2 Å². The summed E-state index contributed by atoms with van der Waals surface area (Å²) < 4.78 is 17.7. The molecule has 0 spiro atoms. The quantitative estimate of drug-likeness (QED) is 0.0774. The lowest BCUT2D eigenvalue weighted by atomic mass is 9.83. The summed E-state index contributed by atoms with van der Waals surface area (Å²) in [6, 6.07) is 12.2. The highest BCUT2D eigenvalue weighted by Gasteiger charge is 2.43. The maximum absolute atomic E-state index is 14.8. The van der Waals surface area contributed by atoms with E-state index in [0.717, 1.165) is 29.0 Å². The first-order valence-electron chi connectivity index (χ1n) is 24.8. The SMILES string of the molecule is CC[C@H](C)[C@@H]([C@@H](CC(=O)N1CCC[C@H]1[C@H](OC)[C@@H](C)C(=O)N[C@@H](Cc1ccccc1)c1nccs1)OC)N(C)C(=O)[C@@H](CC(=O)[C@H](C(C)C)N(C)Cc1ccnc(CC(=O)OC(C)(C)C)c1)C(C)C. The molecular weight excluding hydrogens is 893 g/mol. The molecule has 3 heterocycles. The number of ketones is 1. The number of nitrogens with zero attached hydrogens (tertiary/aromatic N) is 5. The topological polar surface area (TPSA) is 161 Å². The number of thiazole rings is 1. The summed E-state index contributed by atoms with van der Waals surface area (Å²) in [6.07, 6.45) is 5.09. The highest BCUT2D eigenvalue weighted by molar-refractivity contribution is 7.09. The number of benzene rings is 1. The maximum Gasteiger partial charge on any atom is 0.312 e. The van der Waals surface area contributed by atoms with Gasteiger partial charge in [-0.2, -0.15) is 0 Å². The average molecular weight is 975 g/mol. The molecule has 1 aliphatic rings. The first-order valence-corrected chi connectivity index (χ1v) is 25.7. The molecule has 9 atom stereocenters. The lowest BCUT2D eigenvalue weighted by Gasteiger charge is -2.41. The highest BCUT2D eigenvalue weighted by atomic mass is 32.1. The molecule has 15 heteroatoms. The maximum atomic E-state index is 14.8. The molecule has 69 heavy (non-hydrogen) atoms. The van der Waals surface area contributed by atoms with Crippen LogP contribution in [0, 0.1) is 29.6 Å². The monoisotopic (exact) mass is 975 g/mol. The lowest BCUT2D eigenvalue weighted by Crippen LogP contribution is -2.54. The van der Waals surface area contributed by atoms with Crippen LogP contribution in [-0.4, -0.2) is 125 Å². The van der Waals surface area contributed by atoms with Crippen molar-refractivity contribution in [2.24, 2.45) is 29.6 Å². The number of nitrogens with one attached hydrogen (secondary N) is 1. The molecule has 4 rings (SSSR count). The zero-order valence-corrected chi connectivity index (χ0v) is 44.7. The van der Waals surface area contributed by atoms with Crippen LogP contribution in [0.3, 0.4) is 0 Å². The van der Waals surface area contributed by atoms with Crippen molar-refractivity contribution in [3.05, 3.63) is 82.1 Å². The van der Waals surface area contributed by atoms with Crippen LogP contribution >= 0.6 is 11.3 Å². The summed E-state index contributed by atoms with van der Waals surface area (Å²) in [4.78, 5) is 84.8. The van der Waals surface area contributed by atoms with Gasteiger partial charge in [0, 0.05) is 64.5 Å². The molecule has 1 saturated heterocycles. The number of aromatic nitrogens is 2. The standard InChI is InChI=1S/C54H82N6O8S/c1-15-36(6)49(59(12)53(65)41(34(2)3)31-44(61)48(35(4)5)58(11)33-39-23-24-55-40(28-39)30-47(63)68-54(8,9)10)45(66-13)32-46(62)60-26-19-22-43(60)50(67-14)37(7)51(64)57-42(52-56-25-27-69-52)29-38-20-17-16-18-21-38/h16-18,20-21,23-25,27-28,34-37,41-43,45,48-50H,15,19,22,26,29-33H2,1-14H3,(H,57,64)/t36-,37+,41-,42-,43-,45+,48-,49-,50+/m0/s1. The molecular formula is C54H82N6O8S. The Labute approximate surface area is 416 Å². The van der Waals surface area contributed by atoms with E-state index >= 15 is 0 Å². The van der Waals surface area contributed by atoms with Crippen LogP contribution in [0.2, 0.25) is 0 Å². The van der Waals surface area contributed by atoms with Gasteiger partial charge in [-0.25, -0.2) is 4.98 Å². The van der Waals surface area contributed by atoms with Gasteiger partial charge >= 0.3 is 5.97 Å². The number of hydrogen-bond acceptors (Lipinski definition) is 12. The molecule has 1 N–H and O–H groups in total. The lowest BCUT2D eigenvalue weighted by molar-refractivity contribution is -0.154. The van der Waals surface area contributed by atoms with Gasteiger partial charge in [0.25, 0.3) is 0 Å². The second kappa shape index (κ2) is 26.6. The van der Waals surface area contributed by atoms with Gasteiger partial charge in [-0.05, 0) is 88.1 Å². The molecule has 0 bridgehead atoms. The molecule has 3 aromatic rings. The Morgan fingerprint density at radius 3 is 2.17 bits per heavy atom. The van der Waals surface area contributed by atoms with Gasteiger partial charge in [-0.3, -0.25) is 33.9 Å². The molecule has 2 aromatic heterocycles. The largest absolute Gasteiger partial charge is 0.460 e. The Balaban J connectivity index is 1.47. The third kappa shape index (κ3) is 16.2. The predicted octanol–water partition coefficient (Wildman–Crippen LogP) is 8.13. The van der Waals surface area contributed by atoms with Crippen LogP contribution in [0.5, 0.6) is 0 Å². The molecule has 0 saturated carbocycles. The second-order valence-corrected chi connectivity index (χ2v) is 21.7. The fourth-order valence-electron chi connectivity index (χ4n) is 10.0. The molecule has 1 aliphatic heterocycles. The number of methoxy groups -OCH3 is 2. The third-order valence-electron chi connectivity index (χ3n) is 13.6. The van der Waals surface area contributed by atoms with Crippen molar-refractivity contribution in [2.45, 2.75) is 163 Å². The smallest absolute Gasteiger partial charge is 0.312 e. The van der Waals surface area contributed by atoms with E-state index in [0.29, 0.717) is 31.6 Å². The second-order valence-electron chi connectivity index (χ2n) is 20.8. The molecule has 0 radical (unpaired) electrons. The molecule has 14 nitrogen and oxygen atoms in total. The van der Waals surface area contributed by atoms with E-state index in [2.05, 4.69) is 29.1 Å². The summed E-state index contributed by atoms with van der Waals surface area (Å²) in [5.41, 5.74) is 1.98. The summed E-state index contributed by atoms with van der Waals surface area (Å²) in [5.74, 6) is -2.27. The number of pyridine rings is 1. The molecule has 3 amide bonds. The summed E-state index contributed by atoms with van der Waals surface area (Å²) in [7, 11) is 6.87. The molecule has 1 aromatic carbocycles. The zero-order chi connectivity index (χ0) is 51.2. The van der Waals surface area contributed by atoms with Crippen LogP contribution in [0.4, 0.5) is 0 Å². The van der Waals surface area contributed by atoms with E-state index in [9.17, 15) is 24.0 Å². The molecule has 0 unspecified atom stereocenters. The number of likely N-dealkylation sites (N-methyl/N-ethyl adjacent to an activating group) is 2. The fraction of sp³-hybridized carbons (Fsp3) is 0.648. The van der Waals surface area contributed by atoms with Crippen molar-refractivity contribution in [3.8, 4) is 0 Å². The minimum atomic E-state index is -0.639.